The average Bonchev–Trinajstić information content (AvgIpc) is 2.68. The topological polar surface area (TPSA) is 19.0 Å². The normalized spacial score (nSPS) is 11.5. The van der Waals surface area contributed by atoms with Crippen molar-refractivity contribution in [2.24, 2.45) is 0 Å². The first-order valence-electron chi connectivity index (χ1n) is 5.64. The van der Waals surface area contributed by atoms with Gasteiger partial charge in [-0.2, -0.15) is 0 Å². The molecule has 0 radical (unpaired) electrons. The number of hydrogen-bond acceptors (Lipinski definition) is 1. The van der Waals surface area contributed by atoms with E-state index in [1.54, 1.807) is 0 Å². The average molecular weight is 328 g/mol. The van der Waals surface area contributed by atoms with Gasteiger partial charge in [0, 0.05) is 27.2 Å². The summed E-state index contributed by atoms with van der Waals surface area (Å²) in [4.78, 5) is 5.69. The molecule has 1 N–H and O–H groups in total. The molecule has 0 aliphatic heterocycles. The second-order valence-corrected chi connectivity index (χ2v) is 5.40. The van der Waals surface area contributed by atoms with Gasteiger partial charge in [-0.1, -0.05) is 13.0 Å². The molecule has 0 saturated heterocycles. The van der Waals surface area contributed by atoms with E-state index in [2.05, 4.69) is 70.8 Å². The van der Waals surface area contributed by atoms with Gasteiger partial charge in [-0.15, -0.1) is 0 Å². The Morgan fingerprint density at radius 3 is 2.94 bits per heavy atom. The van der Waals surface area contributed by atoms with Gasteiger partial charge in [0.15, 0.2) is 0 Å². The van der Waals surface area contributed by atoms with Gasteiger partial charge in [-0.3, -0.25) is 0 Å². The summed E-state index contributed by atoms with van der Waals surface area (Å²) in [5.41, 5.74) is 2.67. The van der Waals surface area contributed by atoms with Crippen molar-refractivity contribution >= 4 is 33.5 Å². The molecular weight excluding hydrogens is 311 g/mol. The lowest BCUT2D eigenvalue weighted by atomic mass is 10.1. The van der Waals surface area contributed by atoms with Gasteiger partial charge in [0.1, 0.15) is 0 Å². The molecule has 16 heavy (non-hydrogen) atoms. The molecule has 1 heterocycles. The molecule has 0 amide bonds. The quantitative estimate of drug-likeness (QED) is 0.854. The van der Waals surface area contributed by atoms with Gasteiger partial charge in [-0.05, 0) is 60.3 Å². The summed E-state index contributed by atoms with van der Waals surface area (Å²) < 4.78 is 1.28. The largest absolute Gasteiger partial charge is 0.361 e. The molecule has 86 valence electrons. The Labute approximate surface area is 110 Å². The molecule has 0 unspecified atom stereocenters. The van der Waals surface area contributed by atoms with Gasteiger partial charge < -0.3 is 9.88 Å². The minimum absolute atomic E-state index is 1.11. The van der Waals surface area contributed by atoms with E-state index in [4.69, 9.17) is 0 Å². The van der Waals surface area contributed by atoms with Crippen molar-refractivity contribution in [3.63, 3.8) is 0 Å². The molecule has 1 aromatic carbocycles. The summed E-state index contributed by atoms with van der Waals surface area (Å²) >= 11 is 2.35. The number of nitrogens with zero attached hydrogens (tertiary/aromatic N) is 1. The summed E-state index contributed by atoms with van der Waals surface area (Å²) in [6.07, 6.45) is 3.26. The smallest absolute Gasteiger partial charge is 0.0467 e. The van der Waals surface area contributed by atoms with E-state index >= 15 is 0 Å². The monoisotopic (exact) mass is 328 g/mol. The fourth-order valence-electron chi connectivity index (χ4n) is 1.83. The third kappa shape index (κ3) is 2.58. The molecule has 0 aliphatic carbocycles. The standard InChI is InChI=1S/C13H17IN2/c1-3-16(2)7-6-10-9-15-13-8-11(14)4-5-12(10)13/h4-5,8-9,15H,3,6-7H2,1-2H3. The van der Waals surface area contributed by atoms with E-state index in [1.807, 2.05) is 0 Å². The highest BCUT2D eigenvalue weighted by molar-refractivity contribution is 14.1. The van der Waals surface area contributed by atoms with Crippen molar-refractivity contribution in [3.05, 3.63) is 33.5 Å². The summed E-state index contributed by atoms with van der Waals surface area (Å²) in [5, 5.41) is 1.37. The number of rotatable bonds is 4. The number of aromatic nitrogens is 1. The first-order chi connectivity index (χ1) is 7.70. The number of nitrogens with one attached hydrogen (secondary N) is 1. The van der Waals surface area contributed by atoms with E-state index in [0.717, 1.165) is 19.5 Å². The van der Waals surface area contributed by atoms with Crippen molar-refractivity contribution in [1.29, 1.82) is 0 Å². The van der Waals surface area contributed by atoms with Crippen LogP contribution in [0.4, 0.5) is 0 Å². The molecule has 0 saturated carbocycles. The summed E-state index contributed by atoms with van der Waals surface area (Å²) in [6.45, 7) is 4.42. The fraction of sp³-hybridized carbons (Fsp3) is 0.385. The van der Waals surface area contributed by atoms with Crippen LogP contribution in [0.3, 0.4) is 0 Å². The first-order valence-corrected chi connectivity index (χ1v) is 6.72. The van der Waals surface area contributed by atoms with Gasteiger partial charge in [-0.25, -0.2) is 0 Å². The van der Waals surface area contributed by atoms with Crippen LogP contribution in [0, 0.1) is 3.57 Å². The Morgan fingerprint density at radius 1 is 1.38 bits per heavy atom. The van der Waals surface area contributed by atoms with Crippen LogP contribution in [0.2, 0.25) is 0 Å². The Hall–Kier alpha value is -0.550. The molecule has 2 aromatic rings. The van der Waals surface area contributed by atoms with E-state index in [1.165, 1.54) is 20.0 Å². The van der Waals surface area contributed by atoms with E-state index < -0.39 is 0 Å². The fourth-order valence-corrected chi connectivity index (χ4v) is 2.33. The predicted octanol–water partition coefficient (Wildman–Crippen LogP) is 3.27. The van der Waals surface area contributed by atoms with E-state index in [9.17, 15) is 0 Å². The predicted molar refractivity (Wildman–Crippen MR) is 77.9 cm³/mol. The number of likely N-dealkylation sites (N-methyl/N-ethyl adjacent to an activating group) is 1. The molecule has 2 nitrogen and oxygen atoms in total. The van der Waals surface area contributed by atoms with Crippen LogP contribution in [-0.2, 0) is 6.42 Å². The van der Waals surface area contributed by atoms with Crippen molar-refractivity contribution in [1.82, 2.24) is 9.88 Å². The third-order valence-corrected chi connectivity index (χ3v) is 3.70. The summed E-state index contributed by atoms with van der Waals surface area (Å²) in [5.74, 6) is 0. The molecule has 0 atom stereocenters. The van der Waals surface area contributed by atoms with E-state index in [0.29, 0.717) is 0 Å². The molecule has 3 heteroatoms. The Bertz CT molecular complexity index is 476. The molecular formula is C13H17IN2. The van der Waals surface area contributed by atoms with Crippen LogP contribution < -0.4 is 0 Å². The maximum atomic E-state index is 3.35. The Balaban J connectivity index is 2.19. The third-order valence-electron chi connectivity index (χ3n) is 3.03. The summed E-state index contributed by atoms with van der Waals surface area (Å²) in [6, 6.07) is 6.58. The number of H-pyrrole nitrogens is 1. The highest BCUT2D eigenvalue weighted by atomic mass is 127. The zero-order valence-electron chi connectivity index (χ0n) is 9.76. The number of benzene rings is 1. The second-order valence-electron chi connectivity index (χ2n) is 4.15. The Kier molecular flexibility index (Phi) is 3.86. The van der Waals surface area contributed by atoms with Crippen LogP contribution >= 0.6 is 22.6 Å². The van der Waals surface area contributed by atoms with Crippen molar-refractivity contribution < 1.29 is 0 Å². The zero-order valence-corrected chi connectivity index (χ0v) is 11.9. The van der Waals surface area contributed by atoms with Crippen molar-refractivity contribution in [2.45, 2.75) is 13.3 Å². The minimum atomic E-state index is 1.11. The van der Waals surface area contributed by atoms with E-state index in [-0.39, 0.29) is 0 Å². The van der Waals surface area contributed by atoms with Gasteiger partial charge in [0.05, 0.1) is 0 Å². The number of halogens is 1. The SMILES string of the molecule is CCN(C)CCc1c[nH]c2cc(I)ccc12. The lowest BCUT2D eigenvalue weighted by Gasteiger charge is -2.12. The van der Waals surface area contributed by atoms with Crippen LogP contribution in [0.1, 0.15) is 12.5 Å². The number of hydrogen-bond donors (Lipinski definition) is 1. The highest BCUT2D eigenvalue weighted by Crippen LogP contribution is 2.21. The maximum Gasteiger partial charge on any atom is 0.0467 e. The Morgan fingerprint density at radius 2 is 2.19 bits per heavy atom. The van der Waals surface area contributed by atoms with Gasteiger partial charge in [0.25, 0.3) is 0 Å². The molecule has 0 aliphatic rings. The summed E-state index contributed by atoms with van der Waals surface area (Å²) in [7, 11) is 2.16. The molecule has 1 aromatic heterocycles. The highest BCUT2D eigenvalue weighted by Gasteiger charge is 2.04. The number of fused-ring (bicyclic) bond motifs is 1. The van der Waals surface area contributed by atoms with Crippen molar-refractivity contribution in [3.8, 4) is 0 Å². The molecule has 2 rings (SSSR count). The minimum Gasteiger partial charge on any atom is -0.361 e. The van der Waals surface area contributed by atoms with Crippen molar-refractivity contribution in [2.75, 3.05) is 20.1 Å². The molecule has 0 bridgehead atoms. The number of aromatic amines is 1. The lowest BCUT2D eigenvalue weighted by molar-refractivity contribution is 0.358. The van der Waals surface area contributed by atoms with Crippen LogP contribution in [-0.4, -0.2) is 30.0 Å². The molecule has 0 fully saturated rings. The van der Waals surface area contributed by atoms with Crippen LogP contribution in [0.5, 0.6) is 0 Å². The first kappa shape index (κ1) is 11.9. The van der Waals surface area contributed by atoms with Crippen LogP contribution in [0.15, 0.2) is 24.4 Å². The maximum absolute atomic E-state index is 3.35. The lowest BCUT2D eigenvalue weighted by Crippen LogP contribution is -2.20. The molecule has 0 spiro atoms. The van der Waals surface area contributed by atoms with Gasteiger partial charge in [0.2, 0.25) is 0 Å². The zero-order chi connectivity index (χ0) is 11.5. The van der Waals surface area contributed by atoms with Crippen LogP contribution in [0.25, 0.3) is 10.9 Å². The second kappa shape index (κ2) is 5.19. The van der Waals surface area contributed by atoms with Gasteiger partial charge >= 0.3 is 0 Å².